The van der Waals surface area contributed by atoms with Crippen molar-refractivity contribution in [3.8, 4) is 0 Å². The van der Waals surface area contributed by atoms with Crippen LogP contribution in [0, 0.1) is 0 Å². The molecule has 3 rings (SSSR count). The molecular weight excluding hydrogens is 294 g/mol. The highest BCUT2D eigenvalue weighted by atomic mass is 16.5. The molecule has 0 saturated carbocycles. The number of hydrogen-bond acceptors (Lipinski definition) is 4. The maximum atomic E-state index is 12.5. The molecule has 1 aliphatic heterocycles. The first-order chi connectivity index (χ1) is 11.2. The summed E-state index contributed by atoms with van der Waals surface area (Å²) in [6, 6.07) is 9.29. The van der Waals surface area contributed by atoms with Crippen molar-refractivity contribution in [3.63, 3.8) is 0 Å². The lowest BCUT2D eigenvalue weighted by Crippen LogP contribution is -2.36. The van der Waals surface area contributed by atoms with Gasteiger partial charge in [-0.1, -0.05) is 18.2 Å². The van der Waals surface area contributed by atoms with Crippen molar-refractivity contribution in [3.05, 3.63) is 59.4 Å². The quantitative estimate of drug-likeness (QED) is 0.925. The Balaban J connectivity index is 1.83. The van der Waals surface area contributed by atoms with E-state index in [0.29, 0.717) is 25.1 Å². The smallest absolute Gasteiger partial charge is 0.409 e. The summed E-state index contributed by atoms with van der Waals surface area (Å²) in [6.45, 7) is 0.927. The number of rotatable bonds is 2. The van der Waals surface area contributed by atoms with E-state index in [1.165, 1.54) is 7.11 Å². The lowest BCUT2D eigenvalue weighted by molar-refractivity contribution is 0.102. The number of carbonyl (C=O) groups excluding carboxylic acids is 2. The molecule has 0 bridgehead atoms. The fraction of sp³-hybridized carbons (Fsp3) is 0.235. The Kier molecular flexibility index (Phi) is 4.23. The van der Waals surface area contributed by atoms with Gasteiger partial charge in [0.1, 0.15) is 0 Å². The minimum atomic E-state index is -0.366. The third-order valence-corrected chi connectivity index (χ3v) is 3.85. The Bertz CT molecular complexity index is 731. The minimum Gasteiger partial charge on any atom is -0.453 e. The van der Waals surface area contributed by atoms with Gasteiger partial charge in [0.15, 0.2) is 0 Å². The highest BCUT2D eigenvalue weighted by Crippen LogP contribution is 2.23. The molecule has 6 nitrogen and oxygen atoms in total. The Labute approximate surface area is 134 Å². The molecule has 0 spiro atoms. The van der Waals surface area contributed by atoms with Gasteiger partial charge < -0.3 is 15.0 Å². The summed E-state index contributed by atoms with van der Waals surface area (Å²) in [5.74, 6) is -0.188. The van der Waals surface area contributed by atoms with Crippen LogP contribution in [0.1, 0.15) is 21.5 Å². The van der Waals surface area contributed by atoms with Crippen LogP contribution in [0.25, 0.3) is 0 Å². The highest BCUT2D eigenvalue weighted by Gasteiger charge is 2.25. The molecule has 0 fully saturated rings. The lowest BCUT2D eigenvalue weighted by atomic mass is 9.97. The van der Waals surface area contributed by atoms with Crippen LogP contribution in [0.5, 0.6) is 0 Å². The van der Waals surface area contributed by atoms with Crippen LogP contribution in [0.4, 0.5) is 10.5 Å². The van der Waals surface area contributed by atoms with E-state index >= 15 is 0 Å². The van der Waals surface area contributed by atoms with E-state index in [1.54, 1.807) is 17.3 Å². The third-order valence-electron chi connectivity index (χ3n) is 3.85. The number of methoxy groups -OCH3 is 1. The van der Waals surface area contributed by atoms with Crippen LogP contribution in [-0.4, -0.2) is 35.5 Å². The zero-order chi connectivity index (χ0) is 16.2. The topological polar surface area (TPSA) is 71.5 Å². The fourth-order valence-electron chi connectivity index (χ4n) is 2.69. The lowest BCUT2D eigenvalue weighted by Gasteiger charge is -2.28. The predicted molar refractivity (Wildman–Crippen MR) is 85.2 cm³/mol. The molecule has 0 unspecified atom stereocenters. The van der Waals surface area contributed by atoms with Crippen molar-refractivity contribution in [2.24, 2.45) is 0 Å². The van der Waals surface area contributed by atoms with Crippen molar-refractivity contribution in [2.75, 3.05) is 19.0 Å². The SMILES string of the molecule is COC(=O)N1CCc2c(cncc2C(=O)Nc2ccccc2)C1. The van der Waals surface area contributed by atoms with E-state index in [9.17, 15) is 9.59 Å². The number of anilines is 1. The van der Waals surface area contributed by atoms with Gasteiger partial charge in [0.2, 0.25) is 0 Å². The standard InChI is InChI=1S/C17H17N3O3/c1-23-17(22)20-8-7-14-12(11-20)9-18-10-15(14)16(21)19-13-5-3-2-4-6-13/h2-6,9-10H,7-8,11H2,1H3,(H,19,21). The second-order valence-electron chi connectivity index (χ2n) is 5.29. The molecule has 0 aliphatic carbocycles. The summed E-state index contributed by atoms with van der Waals surface area (Å²) in [6.07, 6.45) is 3.51. The molecule has 118 valence electrons. The summed E-state index contributed by atoms with van der Waals surface area (Å²) in [5.41, 5.74) is 3.11. The maximum Gasteiger partial charge on any atom is 0.409 e. The second kappa shape index (κ2) is 6.48. The molecule has 2 heterocycles. The average molecular weight is 311 g/mol. The second-order valence-corrected chi connectivity index (χ2v) is 5.29. The van der Waals surface area contributed by atoms with Crippen molar-refractivity contribution in [1.29, 1.82) is 0 Å². The first-order valence-electron chi connectivity index (χ1n) is 7.34. The molecule has 1 N–H and O–H groups in total. The zero-order valence-corrected chi connectivity index (χ0v) is 12.8. The average Bonchev–Trinajstić information content (AvgIpc) is 2.60. The Morgan fingerprint density at radius 2 is 2.00 bits per heavy atom. The van der Waals surface area contributed by atoms with Gasteiger partial charge in [0.25, 0.3) is 5.91 Å². The van der Waals surface area contributed by atoms with Crippen LogP contribution in [-0.2, 0) is 17.7 Å². The highest BCUT2D eigenvalue weighted by molar-refractivity contribution is 6.05. The van der Waals surface area contributed by atoms with Crippen LogP contribution in [0.15, 0.2) is 42.7 Å². The molecule has 1 aliphatic rings. The van der Waals surface area contributed by atoms with Crippen molar-refractivity contribution in [2.45, 2.75) is 13.0 Å². The normalized spacial score (nSPS) is 13.2. The molecule has 23 heavy (non-hydrogen) atoms. The van der Waals surface area contributed by atoms with Gasteiger partial charge in [-0.15, -0.1) is 0 Å². The summed E-state index contributed by atoms with van der Waals surface area (Å²) in [4.78, 5) is 29.9. The number of nitrogens with one attached hydrogen (secondary N) is 1. The minimum absolute atomic E-state index is 0.188. The first kappa shape index (κ1) is 15.0. The van der Waals surface area contributed by atoms with Crippen LogP contribution < -0.4 is 5.32 Å². The number of hydrogen-bond donors (Lipinski definition) is 1. The number of carbonyl (C=O) groups is 2. The van der Waals surface area contributed by atoms with E-state index in [0.717, 1.165) is 16.8 Å². The Morgan fingerprint density at radius 1 is 1.22 bits per heavy atom. The number of amides is 2. The van der Waals surface area contributed by atoms with E-state index in [4.69, 9.17) is 4.74 Å². The monoisotopic (exact) mass is 311 g/mol. The van der Waals surface area contributed by atoms with Gasteiger partial charge in [-0.2, -0.15) is 0 Å². The molecule has 0 atom stereocenters. The number of fused-ring (bicyclic) bond motifs is 1. The number of aromatic nitrogens is 1. The number of benzene rings is 1. The number of nitrogens with zero attached hydrogens (tertiary/aromatic N) is 2. The molecule has 6 heteroatoms. The summed E-state index contributed by atoms with van der Waals surface area (Å²) in [7, 11) is 1.36. The largest absolute Gasteiger partial charge is 0.453 e. The van der Waals surface area contributed by atoms with E-state index < -0.39 is 0 Å². The number of para-hydroxylation sites is 1. The van der Waals surface area contributed by atoms with Gasteiger partial charge in [-0.3, -0.25) is 9.78 Å². The third kappa shape index (κ3) is 3.15. The zero-order valence-electron chi connectivity index (χ0n) is 12.8. The van der Waals surface area contributed by atoms with Crippen molar-refractivity contribution < 1.29 is 14.3 Å². The molecule has 2 amide bonds. The fourth-order valence-corrected chi connectivity index (χ4v) is 2.69. The van der Waals surface area contributed by atoms with Crippen LogP contribution >= 0.6 is 0 Å². The van der Waals surface area contributed by atoms with E-state index in [-0.39, 0.29) is 12.0 Å². The summed E-state index contributed by atoms with van der Waals surface area (Å²) >= 11 is 0. The summed E-state index contributed by atoms with van der Waals surface area (Å²) in [5, 5.41) is 2.87. The molecule has 0 saturated heterocycles. The van der Waals surface area contributed by atoms with Crippen LogP contribution in [0.2, 0.25) is 0 Å². The van der Waals surface area contributed by atoms with Crippen LogP contribution in [0.3, 0.4) is 0 Å². The first-order valence-corrected chi connectivity index (χ1v) is 7.34. The van der Waals surface area contributed by atoms with Gasteiger partial charge >= 0.3 is 6.09 Å². The maximum absolute atomic E-state index is 12.5. The Hall–Kier alpha value is -2.89. The van der Waals surface area contributed by atoms with E-state index in [1.807, 2.05) is 30.3 Å². The van der Waals surface area contributed by atoms with Gasteiger partial charge in [0.05, 0.1) is 19.2 Å². The van der Waals surface area contributed by atoms with E-state index in [2.05, 4.69) is 10.3 Å². The van der Waals surface area contributed by atoms with Gasteiger partial charge in [-0.25, -0.2) is 4.79 Å². The predicted octanol–water partition coefficient (Wildman–Crippen LogP) is 2.46. The van der Waals surface area contributed by atoms with Crippen molar-refractivity contribution in [1.82, 2.24) is 9.88 Å². The molecule has 1 aromatic heterocycles. The molecule has 2 aromatic rings. The van der Waals surface area contributed by atoms with Gasteiger partial charge in [-0.05, 0) is 29.7 Å². The van der Waals surface area contributed by atoms with Gasteiger partial charge in [0, 0.05) is 24.6 Å². The van der Waals surface area contributed by atoms with Crippen molar-refractivity contribution >= 4 is 17.7 Å². The number of ether oxygens (including phenoxy) is 1. The molecular formula is C17H17N3O3. The molecule has 1 aromatic carbocycles. The summed E-state index contributed by atoms with van der Waals surface area (Å²) < 4.78 is 4.75. The number of pyridine rings is 1. The Morgan fingerprint density at radius 3 is 2.74 bits per heavy atom. The molecule has 0 radical (unpaired) electrons.